The summed E-state index contributed by atoms with van der Waals surface area (Å²) in [7, 11) is 5.53. The number of nitrogens with zero attached hydrogens (tertiary/aromatic N) is 1. The van der Waals surface area contributed by atoms with E-state index in [4.69, 9.17) is 14.2 Å². The zero-order valence-corrected chi connectivity index (χ0v) is 39.0. The maximum Gasteiger partial charge on any atom is 0.362 e. The monoisotopic (exact) mass is 831 g/mol. The SMILES string of the molecule is CC/C=C/C/C=C/CCCCCCCCCCCCCCCCC(=O)OCC(COCCC(C(=O)O)[N+](C)(C)C)OC(=O)CCCCCCCCC/C=C/C/C=C/CC. The van der Waals surface area contributed by atoms with Crippen molar-refractivity contribution < 1.29 is 38.2 Å². The summed E-state index contributed by atoms with van der Waals surface area (Å²) in [5, 5.41) is 9.63. The van der Waals surface area contributed by atoms with Gasteiger partial charge in [0, 0.05) is 19.3 Å². The molecule has 0 spiro atoms. The molecular formula is C51H92NO7+. The minimum atomic E-state index is -0.876. The van der Waals surface area contributed by atoms with Crippen molar-refractivity contribution in [3.63, 3.8) is 0 Å². The number of carbonyl (C=O) groups is 3. The number of unbranched alkanes of at least 4 members (excludes halogenated alkanes) is 21. The number of carboxylic acid groups (broad SMARTS) is 1. The number of allylic oxidation sites excluding steroid dienone is 8. The van der Waals surface area contributed by atoms with Gasteiger partial charge in [0.15, 0.2) is 12.1 Å². The first kappa shape index (κ1) is 56.3. The normalized spacial score (nSPS) is 13.3. The number of ether oxygens (including phenoxy) is 3. The highest BCUT2D eigenvalue weighted by Gasteiger charge is 2.31. The standard InChI is InChI=1S/C51H91NO7/c1-6-8-10-12-14-16-18-20-22-23-24-25-26-27-28-30-31-33-35-37-39-41-49(53)58-46-47(45-57-44-43-48(51(55)56)52(3,4)5)59-50(54)42-40-38-36-34-32-29-21-19-17-15-13-11-9-7-2/h8-11,14-17,47-48H,6-7,12-13,18-46H2,1-5H3/p+1/b10-8+,11-9+,16-14+,17-15+. The summed E-state index contributed by atoms with van der Waals surface area (Å²) in [6.45, 7) is 4.54. The van der Waals surface area contributed by atoms with E-state index in [0.29, 0.717) is 19.3 Å². The van der Waals surface area contributed by atoms with Crippen LogP contribution in [0, 0.1) is 0 Å². The van der Waals surface area contributed by atoms with E-state index in [1.165, 1.54) is 103 Å². The van der Waals surface area contributed by atoms with E-state index in [-0.39, 0.29) is 36.2 Å². The van der Waals surface area contributed by atoms with Gasteiger partial charge in [-0.3, -0.25) is 9.59 Å². The van der Waals surface area contributed by atoms with Crippen molar-refractivity contribution in [2.24, 2.45) is 0 Å². The second kappa shape index (κ2) is 42.0. The molecule has 8 nitrogen and oxygen atoms in total. The Morgan fingerprint density at radius 1 is 0.508 bits per heavy atom. The van der Waals surface area contributed by atoms with Gasteiger partial charge in [0.25, 0.3) is 0 Å². The molecule has 59 heavy (non-hydrogen) atoms. The Morgan fingerprint density at radius 3 is 1.31 bits per heavy atom. The molecule has 0 aromatic heterocycles. The number of hydrogen-bond acceptors (Lipinski definition) is 6. The zero-order chi connectivity index (χ0) is 43.5. The Bertz CT molecular complexity index is 1110. The molecule has 0 saturated heterocycles. The molecule has 1 N–H and O–H groups in total. The molecule has 2 unspecified atom stereocenters. The van der Waals surface area contributed by atoms with Gasteiger partial charge >= 0.3 is 17.9 Å². The van der Waals surface area contributed by atoms with Gasteiger partial charge < -0.3 is 23.8 Å². The fourth-order valence-corrected chi connectivity index (χ4v) is 7.05. The average Bonchev–Trinajstić information content (AvgIpc) is 3.19. The van der Waals surface area contributed by atoms with Crippen LogP contribution in [0.25, 0.3) is 0 Å². The summed E-state index contributed by atoms with van der Waals surface area (Å²) < 4.78 is 17.3. The van der Waals surface area contributed by atoms with Gasteiger partial charge in [0.1, 0.15) is 6.61 Å². The lowest BCUT2D eigenvalue weighted by Crippen LogP contribution is -2.50. The van der Waals surface area contributed by atoms with Crippen molar-refractivity contribution in [3.8, 4) is 0 Å². The van der Waals surface area contributed by atoms with E-state index >= 15 is 0 Å². The molecule has 0 saturated carbocycles. The number of aliphatic carboxylic acids is 1. The van der Waals surface area contributed by atoms with E-state index in [0.717, 1.165) is 70.6 Å². The highest BCUT2D eigenvalue weighted by Crippen LogP contribution is 2.16. The second-order valence-corrected chi connectivity index (χ2v) is 17.3. The molecule has 342 valence electrons. The van der Waals surface area contributed by atoms with Crippen molar-refractivity contribution >= 4 is 17.9 Å². The number of quaternary nitrogens is 1. The first-order valence-corrected chi connectivity index (χ1v) is 24.2. The fourth-order valence-electron chi connectivity index (χ4n) is 7.05. The van der Waals surface area contributed by atoms with Crippen molar-refractivity contribution in [1.29, 1.82) is 0 Å². The Labute approximate surface area is 363 Å². The van der Waals surface area contributed by atoms with Crippen LogP contribution in [-0.4, -0.2) is 80.6 Å². The Balaban J connectivity index is 4.22. The topological polar surface area (TPSA) is 99.1 Å². The van der Waals surface area contributed by atoms with Crippen LogP contribution in [-0.2, 0) is 28.6 Å². The van der Waals surface area contributed by atoms with E-state index in [1.54, 1.807) is 0 Å². The largest absolute Gasteiger partial charge is 0.477 e. The molecule has 0 aliphatic heterocycles. The highest BCUT2D eigenvalue weighted by atomic mass is 16.6. The van der Waals surface area contributed by atoms with Crippen LogP contribution in [0.5, 0.6) is 0 Å². The molecule has 0 rings (SSSR count). The van der Waals surface area contributed by atoms with Crippen LogP contribution < -0.4 is 0 Å². The van der Waals surface area contributed by atoms with Crippen molar-refractivity contribution in [1.82, 2.24) is 0 Å². The van der Waals surface area contributed by atoms with Crippen LogP contribution in [0.2, 0.25) is 0 Å². The number of likely N-dealkylation sites (N-methyl/N-ethyl adjacent to an activating group) is 1. The molecule has 0 heterocycles. The minimum Gasteiger partial charge on any atom is -0.477 e. The molecule has 0 aliphatic carbocycles. The van der Waals surface area contributed by atoms with E-state index in [2.05, 4.69) is 62.5 Å². The maximum absolute atomic E-state index is 12.7. The summed E-state index contributed by atoms with van der Waals surface area (Å²) in [5.74, 6) is -1.47. The van der Waals surface area contributed by atoms with E-state index < -0.39 is 18.1 Å². The van der Waals surface area contributed by atoms with E-state index in [1.807, 2.05) is 21.1 Å². The van der Waals surface area contributed by atoms with E-state index in [9.17, 15) is 19.5 Å². The third-order valence-electron chi connectivity index (χ3n) is 10.7. The molecular weight excluding hydrogens is 739 g/mol. The predicted octanol–water partition coefficient (Wildman–Crippen LogP) is 13.6. The Kier molecular flexibility index (Phi) is 40.1. The average molecular weight is 831 g/mol. The number of hydrogen-bond donors (Lipinski definition) is 1. The lowest BCUT2D eigenvalue weighted by Gasteiger charge is -2.31. The van der Waals surface area contributed by atoms with Crippen LogP contribution in [0.1, 0.15) is 206 Å². The summed E-state index contributed by atoms with van der Waals surface area (Å²) in [6.07, 6.45) is 50.2. The fraction of sp³-hybridized carbons (Fsp3) is 0.784. The van der Waals surface area contributed by atoms with Gasteiger partial charge in [0.05, 0.1) is 34.4 Å². The Hall–Kier alpha value is -2.71. The molecule has 0 radical (unpaired) electrons. The molecule has 2 atom stereocenters. The third kappa shape index (κ3) is 40.5. The second-order valence-electron chi connectivity index (χ2n) is 17.3. The summed E-state index contributed by atoms with van der Waals surface area (Å²) >= 11 is 0. The van der Waals surface area contributed by atoms with Gasteiger partial charge in [-0.25, -0.2) is 4.79 Å². The van der Waals surface area contributed by atoms with Crippen LogP contribution in [0.4, 0.5) is 0 Å². The summed E-state index contributed by atoms with van der Waals surface area (Å²) in [5.41, 5.74) is 0. The molecule has 0 amide bonds. The number of esters is 2. The van der Waals surface area contributed by atoms with Crippen LogP contribution >= 0.6 is 0 Å². The molecule has 0 aliphatic rings. The smallest absolute Gasteiger partial charge is 0.362 e. The first-order chi connectivity index (χ1) is 28.6. The molecule has 0 bridgehead atoms. The summed E-state index contributed by atoms with van der Waals surface area (Å²) in [4.78, 5) is 37.1. The quantitative estimate of drug-likeness (QED) is 0.0283. The lowest BCUT2D eigenvalue weighted by molar-refractivity contribution is -0.887. The van der Waals surface area contributed by atoms with Crippen molar-refractivity contribution in [3.05, 3.63) is 48.6 Å². The summed E-state index contributed by atoms with van der Waals surface area (Å²) in [6, 6.07) is -0.616. The highest BCUT2D eigenvalue weighted by molar-refractivity contribution is 5.72. The number of carbonyl (C=O) groups excluding carboxylic acids is 2. The van der Waals surface area contributed by atoms with Gasteiger partial charge in [-0.1, -0.05) is 172 Å². The maximum atomic E-state index is 12.7. The van der Waals surface area contributed by atoms with Crippen molar-refractivity contribution in [2.45, 2.75) is 219 Å². The van der Waals surface area contributed by atoms with Crippen molar-refractivity contribution in [2.75, 3.05) is 41.0 Å². The van der Waals surface area contributed by atoms with Crippen LogP contribution in [0.3, 0.4) is 0 Å². The number of rotatable bonds is 43. The third-order valence-corrected chi connectivity index (χ3v) is 10.7. The Morgan fingerprint density at radius 2 is 0.898 bits per heavy atom. The molecule has 0 aromatic carbocycles. The lowest BCUT2D eigenvalue weighted by atomic mass is 10.0. The molecule has 0 fully saturated rings. The van der Waals surface area contributed by atoms with Gasteiger partial charge in [-0.05, 0) is 64.2 Å². The molecule has 8 heteroatoms. The van der Waals surface area contributed by atoms with Gasteiger partial charge in [-0.15, -0.1) is 0 Å². The minimum absolute atomic E-state index is 0.0537. The van der Waals surface area contributed by atoms with Crippen LogP contribution in [0.15, 0.2) is 48.6 Å². The zero-order valence-electron chi connectivity index (χ0n) is 39.0. The first-order valence-electron chi connectivity index (χ1n) is 24.2. The predicted molar refractivity (Wildman–Crippen MR) is 248 cm³/mol. The van der Waals surface area contributed by atoms with Gasteiger partial charge in [-0.2, -0.15) is 0 Å². The van der Waals surface area contributed by atoms with Gasteiger partial charge in [0.2, 0.25) is 0 Å². The molecule has 0 aromatic rings. The number of carboxylic acids is 1.